The molecule has 1 atom stereocenters. The lowest BCUT2D eigenvalue weighted by Crippen LogP contribution is -2.44. The summed E-state index contributed by atoms with van der Waals surface area (Å²) in [6.07, 6.45) is 1.45. The third kappa shape index (κ3) is 3.38. The summed E-state index contributed by atoms with van der Waals surface area (Å²) >= 11 is 0. The zero-order valence-electron chi connectivity index (χ0n) is 15.5. The number of primary amides is 1. The van der Waals surface area contributed by atoms with Gasteiger partial charge < -0.3 is 15.2 Å². The summed E-state index contributed by atoms with van der Waals surface area (Å²) in [5.74, 6) is -1.14. The van der Waals surface area contributed by atoms with Crippen LogP contribution in [0.4, 0.5) is 4.39 Å². The second kappa shape index (κ2) is 7.46. The Bertz CT molecular complexity index is 1040. The van der Waals surface area contributed by atoms with Gasteiger partial charge in [0.1, 0.15) is 11.5 Å². The quantitative estimate of drug-likeness (QED) is 0.757. The monoisotopic (exact) mass is 379 g/mol. The van der Waals surface area contributed by atoms with E-state index in [9.17, 15) is 14.0 Å². The van der Waals surface area contributed by atoms with Crippen molar-refractivity contribution in [2.24, 2.45) is 11.7 Å². The number of halogens is 1. The van der Waals surface area contributed by atoms with Gasteiger partial charge in [-0.15, -0.1) is 0 Å². The summed E-state index contributed by atoms with van der Waals surface area (Å²) in [5.41, 5.74) is 7.34. The van der Waals surface area contributed by atoms with Crippen molar-refractivity contribution in [1.82, 2.24) is 9.47 Å². The number of carbonyl (C=O) groups is 2. The van der Waals surface area contributed by atoms with E-state index in [2.05, 4.69) is 0 Å². The number of rotatable bonds is 4. The molecule has 144 valence electrons. The number of nitrogens with zero attached hydrogens (tertiary/aromatic N) is 2. The van der Waals surface area contributed by atoms with Gasteiger partial charge in [-0.2, -0.15) is 0 Å². The summed E-state index contributed by atoms with van der Waals surface area (Å²) < 4.78 is 16.1. The van der Waals surface area contributed by atoms with Crippen LogP contribution in [0.15, 0.2) is 54.6 Å². The summed E-state index contributed by atoms with van der Waals surface area (Å²) in [4.78, 5) is 26.6. The molecule has 0 saturated carbocycles. The fourth-order valence-corrected chi connectivity index (χ4v) is 3.91. The first-order chi connectivity index (χ1) is 13.5. The number of nitrogens with two attached hydrogens (primary N) is 1. The molecule has 4 rings (SSSR count). The van der Waals surface area contributed by atoms with Crippen molar-refractivity contribution in [2.75, 3.05) is 13.1 Å². The third-order valence-corrected chi connectivity index (χ3v) is 5.43. The van der Waals surface area contributed by atoms with E-state index in [1.165, 1.54) is 6.07 Å². The molecule has 1 aliphatic rings. The Hall–Kier alpha value is -3.15. The number of fused-ring (bicyclic) bond motifs is 1. The van der Waals surface area contributed by atoms with Crippen LogP contribution in [-0.4, -0.2) is 34.4 Å². The van der Waals surface area contributed by atoms with Gasteiger partial charge in [-0.3, -0.25) is 9.59 Å². The number of carbonyl (C=O) groups excluding carboxylic acids is 2. The molecule has 1 aromatic heterocycles. The van der Waals surface area contributed by atoms with Crippen LogP contribution in [0.3, 0.4) is 0 Å². The maximum absolute atomic E-state index is 14.2. The van der Waals surface area contributed by atoms with Gasteiger partial charge in [-0.1, -0.05) is 36.4 Å². The number of likely N-dealkylation sites (tertiary alicyclic amines) is 1. The second-order valence-electron chi connectivity index (χ2n) is 7.26. The number of hydrogen-bond donors (Lipinski definition) is 1. The summed E-state index contributed by atoms with van der Waals surface area (Å²) in [7, 11) is 0. The first-order valence-corrected chi connectivity index (χ1v) is 9.45. The van der Waals surface area contributed by atoms with Crippen LogP contribution in [0, 0.1) is 11.7 Å². The van der Waals surface area contributed by atoms with Crippen LogP contribution in [0.1, 0.15) is 28.9 Å². The standard InChI is InChI=1S/C22H22FN3O2/c23-18-9-3-1-7-16(18)14-26-19-10-4-2-6-15(19)12-20(26)22(28)25-11-5-8-17(13-25)21(24)27/h1-4,6-7,9-10,12,17H,5,8,11,13-14H2,(H2,24,27). The Morgan fingerprint density at radius 1 is 1.11 bits per heavy atom. The van der Waals surface area contributed by atoms with Gasteiger partial charge >= 0.3 is 0 Å². The largest absolute Gasteiger partial charge is 0.369 e. The van der Waals surface area contributed by atoms with Gasteiger partial charge in [-0.25, -0.2) is 4.39 Å². The van der Waals surface area contributed by atoms with Gasteiger partial charge in [0, 0.05) is 29.6 Å². The topological polar surface area (TPSA) is 68.3 Å². The smallest absolute Gasteiger partial charge is 0.270 e. The highest BCUT2D eigenvalue weighted by Gasteiger charge is 2.29. The van der Waals surface area contributed by atoms with Crippen molar-refractivity contribution < 1.29 is 14.0 Å². The number of piperidine rings is 1. The van der Waals surface area contributed by atoms with E-state index in [0.717, 1.165) is 17.3 Å². The predicted molar refractivity (Wildman–Crippen MR) is 105 cm³/mol. The van der Waals surface area contributed by atoms with Crippen LogP contribution in [0.25, 0.3) is 10.9 Å². The van der Waals surface area contributed by atoms with Gasteiger partial charge in [0.2, 0.25) is 5.91 Å². The molecule has 0 aliphatic carbocycles. The molecule has 5 nitrogen and oxygen atoms in total. The predicted octanol–water partition coefficient (Wildman–Crippen LogP) is 3.17. The zero-order valence-corrected chi connectivity index (χ0v) is 15.5. The lowest BCUT2D eigenvalue weighted by Gasteiger charge is -2.31. The Morgan fingerprint density at radius 2 is 1.86 bits per heavy atom. The average molecular weight is 379 g/mol. The Labute approximate surface area is 162 Å². The number of para-hydroxylation sites is 1. The Kier molecular flexibility index (Phi) is 4.86. The highest BCUT2D eigenvalue weighted by atomic mass is 19.1. The number of amides is 2. The van der Waals surface area contributed by atoms with Gasteiger partial charge in [0.25, 0.3) is 5.91 Å². The molecule has 0 bridgehead atoms. The minimum absolute atomic E-state index is 0.154. The fourth-order valence-electron chi connectivity index (χ4n) is 3.91. The van der Waals surface area contributed by atoms with Crippen molar-refractivity contribution in [3.63, 3.8) is 0 Å². The molecule has 0 radical (unpaired) electrons. The van der Waals surface area contributed by atoms with Crippen molar-refractivity contribution >= 4 is 22.7 Å². The van der Waals surface area contributed by atoms with Crippen molar-refractivity contribution in [3.05, 3.63) is 71.7 Å². The summed E-state index contributed by atoms with van der Waals surface area (Å²) in [6, 6.07) is 16.1. The van der Waals surface area contributed by atoms with E-state index in [1.54, 1.807) is 23.1 Å². The number of aromatic nitrogens is 1. The van der Waals surface area contributed by atoms with E-state index >= 15 is 0 Å². The van der Waals surface area contributed by atoms with Gasteiger partial charge in [0.05, 0.1) is 12.5 Å². The molecule has 2 aromatic carbocycles. The van der Waals surface area contributed by atoms with Crippen LogP contribution in [0.5, 0.6) is 0 Å². The molecule has 6 heteroatoms. The lowest BCUT2D eigenvalue weighted by molar-refractivity contribution is -0.123. The van der Waals surface area contributed by atoms with Crippen molar-refractivity contribution in [1.29, 1.82) is 0 Å². The molecule has 3 aromatic rings. The van der Waals surface area contributed by atoms with Gasteiger partial charge in [0.15, 0.2) is 0 Å². The lowest BCUT2D eigenvalue weighted by atomic mass is 9.97. The van der Waals surface area contributed by atoms with Crippen LogP contribution in [0.2, 0.25) is 0 Å². The highest BCUT2D eigenvalue weighted by molar-refractivity contribution is 5.99. The van der Waals surface area contributed by atoms with E-state index in [1.807, 2.05) is 34.9 Å². The molecule has 1 fully saturated rings. The number of hydrogen-bond acceptors (Lipinski definition) is 2. The maximum atomic E-state index is 14.2. The molecule has 2 heterocycles. The average Bonchev–Trinajstić information content (AvgIpc) is 3.08. The molecule has 1 saturated heterocycles. The van der Waals surface area contributed by atoms with Crippen molar-refractivity contribution in [2.45, 2.75) is 19.4 Å². The van der Waals surface area contributed by atoms with Crippen LogP contribution in [-0.2, 0) is 11.3 Å². The minimum Gasteiger partial charge on any atom is -0.369 e. The SMILES string of the molecule is NC(=O)C1CCCN(C(=O)c2cc3ccccc3n2Cc2ccccc2F)C1. The summed E-state index contributed by atoms with van der Waals surface area (Å²) in [6.45, 7) is 1.17. The van der Waals surface area contributed by atoms with Crippen LogP contribution >= 0.6 is 0 Å². The molecule has 2 N–H and O–H groups in total. The Morgan fingerprint density at radius 3 is 2.64 bits per heavy atom. The van der Waals surface area contributed by atoms with E-state index in [0.29, 0.717) is 30.8 Å². The molecular weight excluding hydrogens is 357 g/mol. The minimum atomic E-state index is -0.371. The zero-order chi connectivity index (χ0) is 19.7. The second-order valence-corrected chi connectivity index (χ2v) is 7.26. The third-order valence-electron chi connectivity index (χ3n) is 5.43. The normalized spacial score (nSPS) is 17.0. The first-order valence-electron chi connectivity index (χ1n) is 9.45. The summed E-state index contributed by atoms with van der Waals surface area (Å²) in [5, 5.41) is 0.922. The van der Waals surface area contributed by atoms with E-state index in [4.69, 9.17) is 5.73 Å². The molecule has 1 unspecified atom stereocenters. The first kappa shape index (κ1) is 18.2. The van der Waals surface area contributed by atoms with E-state index < -0.39 is 0 Å². The number of benzene rings is 2. The fraction of sp³-hybridized carbons (Fsp3) is 0.273. The van der Waals surface area contributed by atoms with Gasteiger partial charge in [-0.05, 0) is 31.0 Å². The molecule has 1 aliphatic heterocycles. The van der Waals surface area contributed by atoms with E-state index in [-0.39, 0.29) is 30.1 Å². The molecule has 0 spiro atoms. The Balaban J connectivity index is 1.73. The molecular formula is C22H22FN3O2. The highest BCUT2D eigenvalue weighted by Crippen LogP contribution is 2.25. The molecule has 2 amide bonds. The van der Waals surface area contributed by atoms with Crippen molar-refractivity contribution in [3.8, 4) is 0 Å². The van der Waals surface area contributed by atoms with Crippen LogP contribution < -0.4 is 5.73 Å². The maximum Gasteiger partial charge on any atom is 0.270 e. The molecule has 28 heavy (non-hydrogen) atoms.